The van der Waals surface area contributed by atoms with Crippen molar-refractivity contribution in [2.75, 3.05) is 63.8 Å². The zero-order valence-corrected chi connectivity index (χ0v) is 22.0. The van der Waals surface area contributed by atoms with Crippen LogP contribution in [-0.4, -0.2) is 54.5 Å². The van der Waals surface area contributed by atoms with Crippen LogP contribution in [0.2, 0.25) is 0 Å². The summed E-state index contributed by atoms with van der Waals surface area (Å²) in [6.07, 6.45) is 11.2. The van der Waals surface area contributed by atoms with Gasteiger partial charge in [0.15, 0.2) is 5.82 Å². The zero-order valence-electron chi connectivity index (χ0n) is 21.2. The number of amides is 1. The highest BCUT2D eigenvalue weighted by Crippen LogP contribution is 2.33. The third kappa shape index (κ3) is 6.49. The van der Waals surface area contributed by atoms with E-state index in [0.29, 0.717) is 17.1 Å². The first-order chi connectivity index (χ1) is 18.2. The summed E-state index contributed by atoms with van der Waals surface area (Å²) < 4.78 is 3.29. The van der Waals surface area contributed by atoms with Crippen LogP contribution in [0.25, 0.3) is 0 Å². The second-order valence-electron chi connectivity index (χ2n) is 9.75. The Morgan fingerprint density at radius 2 is 1.97 bits per heavy atom. The Morgan fingerprint density at radius 3 is 2.78 bits per heavy atom. The number of anilines is 5. The van der Waals surface area contributed by atoms with Gasteiger partial charge in [0, 0.05) is 43.8 Å². The number of hydrazine groups is 1. The van der Waals surface area contributed by atoms with Crippen molar-refractivity contribution in [2.24, 2.45) is 5.92 Å². The molecule has 0 unspecified atom stereocenters. The standard InChI is InChI=1S/C27H37N7O2S/c35-17-18-37-32-21-6-7-22-24(19-21)33-15-10-20(11-16-33)5-2-1-3-12-28-26-23(34-14-4-13-29-34)8-9-25(30-26)31-27(22)36/h4,6-9,14,19-20,29,32,35H,1-3,5,10-13,15-18H2,(H2,28,30,31,36). The molecule has 6 rings (SSSR count). The van der Waals surface area contributed by atoms with Gasteiger partial charge < -0.3 is 25.4 Å². The monoisotopic (exact) mass is 523 g/mol. The van der Waals surface area contributed by atoms with Crippen LogP contribution in [0.1, 0.15) is 48.9 Å². The summed E-state index contributed by atoms with van der Waals surface area (Å²) in [4.78, 5) is 20.7. The first-order valence-electron chi connectivity index (χ1n) is 13.3. The number of hydrogen-bond donors (Lipinski definition) is 5. The Hall–Kier alpha value is -2.95. The third-order valence-corrected chi connectivity index (χ3v) is 7.94. The van der Waals surface area contributed by atoms with Gasteiger partial charge in [-0.25, -0.2) is 10.4 Å². The molecule has 1 amide bonds. The van der Waals surface area contributed by atoms with E-state index in [2.05, 4.69) is 37.8 Å². The maximum atomic E-state index is 13.6. The van der Waals surface area contributed by atoms with E-state index in [0.717, 1.165) is 74.2 Å². The molecule has 5 N–H and O–H groups in total. The summed E-state index contributed by atoms with van der Waals surface area (Å²) in [7, 11) is 0. The van der Waals surface area contributed by atoms with E-state index in [9.17, 15) is 4.79 Å². The number of piperidine rings is 1. The second kappa shape index (κ2) is 12.5. The number of hydrogen-bond acceptors (Lipinski definition) is 9. The van der Waals surface area contributed by atoms with Crippen molar-refractivity contribution in [3.05, 3.63) is 48.2 Å². The fraction of sp³-hybridized carbons (Fsp3) is 0.481. The highest BCUT2D eigenvalue weighted by Gasteiger charge is 2.24. The number of aliphatic hydroxyl groups excluding tert-OH is 1. The molecule has 2 aromatic rings. The van der Waals surface area contributed by atoms with Crippen molar-refractivity contribution in [1.29, 1.82) is 0 Å². The molecule has 198 valence electrons. The van der Waals surface area contributed by atoms with Crippen LogP contribution in [0.3, 0.4) is 0 Å². The number of carbonyl (C=O) groups is 1. The van der Waals surface area contributed by atoms with Crippen molar-refractivity contribution in [3.8, 4) is 0 Å². The Labute approximate surface area is 223 Å². The lowest BCUT2D eigenvalue weighted by Crippen LogP contribution is -2.35. The van der Waals surface area contributed by atoms with Crippen molar-refractivity contribution >= 4 is 46.6 Å². The van der Waals surface area contributed by atoms with Gasteiger partial charge in [0.1, 0.15) is 5.82 Å². The molecule has 9 nitrogen and oxygen atoms in total. The van der Waals surface area contributed by atoms with E-state index in [1.165, 1.54) is 31.2 Å². The molecule has 1 fully saturated rings. The largest absolute Gasteiger partial charge is 0.395 e. The SMILES string of the molecule is O=C1Nc2ccc(N3C=CCN3)c(n2)NCCCCCC2CCN(CC2)c2cc(NSCCO)ccc21. The third-order valence-electron chi connectivity index (χ3n) is 7.17. The quantitative estimate of drug-likeness (QED) is 0.288. The predicted octanol–water partition coefficient (Wildman–Crippen LogP) is 4.43. The molecule has 0 aliphatic carbocycles. The van der Waals surface area contributed by atoms with Gasteiger partial charge in [0.05, 0.1) is 23.5 Å². The normalized spacial score (nSPS) is 18.8. The van der Waals surface area contributed by atoms with E-state index in [1.54, 1.807) is 0 Å². The number of nitrogens with zero attached hydrogens (tertiary/aromatic N) is 3. The van der Waals surface area contributed by atoms with Crippen LogP contribution in [0.5, 0.6) is 0 Å². The molecule has 0 radical (unpaired) electrons. The van der Waals surface area contributed by atoms with Crippen LogP contribution >= 0.6 is 11.9 Å². The molecule has 1 aromatic carbocycles. The predicted molar refractivity (Wildman–Crippen MR) is 153 cm³/mol. The Bertz CT molecular complexity index is 1100. The lowest BCUT2D eigenvalue weighted by molar-refractivity contribution is 0.102. The van der Waals surface area contributed by atoms with Gasteiger partial charge >= 0.3 is 0 Å². The number of aromatic nitrogens is 1. The summed E-state index contributed by atoms with van der Waals surface area (Å²) >= 11 is 1.46. The molecule has 4 aliphatic rings. The van der Waals surface area contributed by atoms with Crippen LogP contribution in [0, 0.1) is 5.92 Å². The molecule has 0 saturated carbocycles. The average Bonchev–Trinajstić information content (AvgIpc) is 3.46. The van der Waals surface area contributed by atoms with E-state index >= 15 is 0 Å². The lowest BCUT2D eigenvalue weighted by Gasteiger charge is -2.35. The van der Waals surface area contributed by atoms with Gasteiger partial charge in [-0.15, -0.1) is 0 Å². The zero-order chi connectivity index (χ0) is 25.5. The minimum atomic E-state index is -0.165. The maximum absolute atomic E-state index is 13.6. The van der Waals surface area contributed by atoms with E-state index in [-0.39, 0.29) is 12.5 Å². The highest BCUT2D eigenvalue weighted by atomic mass is 32.2. The van der Waals surface area contributed by atoms with Crippen LogP contribution in [0.15, 0.2) is 42.6 Å². The molecule has 37 heavy (non-hydrogen) atoms. The molecule has 1 aromatic heterocycles. The number of rotatable bonds is 5. The molecule has 4 bridgehead atoms. The molecule has 0 atom stereocenters. The average molecular weight is 524 g/mol. The molecule has 10 heteroatoms. The van der Waals surface area contributed by atoms with Gasteiger partial charge in [-0.3, -0.25) is 9.80 Å². The molecule has 1 saturated heterocycles. The van der Waals surface area contributed by atoms with Gasteiger partial charge in [-0.2, -0.15) is 0 Å². The van der Waals surface area contributed by atoms with Gasteiger partial charge in [0.25, 0.3) is 5.91 Å². The fourth-order valence-electron chi connectivity index (χ4n) is 5.19. The van der Waals surface area contributed by atoms with Crippen LogP contribution < -0.4 is 30.7 Å². The number of aliphatic hydroxyl groups is 1. The van der Waals surface area contributed by atoms with Crippen molar-refractivity contribution in [1.82, 2.24) is 10.4 Å². The minimum absolute atomic E-state index is 0.116. The van der Waals surface area contributed by atoms with Gasteiger partial charge in [-0.05, 0) is 55.5 Å². The summed E-state index contributed by atoms with van der Waals surface area (Å²) in [5.74, 6) is 2.46. The highest BCUT2D eigenvalue weighted by molar-refractivity contribution is 8.00. The first-order valence-corrected chi connectivity index (χ1v) is 14.3. The summed E-state index contributed by atoms with van der Waals surface area (Å²) in [5, 5.41) is 17.6. The lowest BCUT2D eigenvalue weighted by atomic mass is 9.90. The van der Waals surface area contributed by atoms with Crippen molar-refractivity contribution in [2.45, 2.75) is 38.5 Å². The van der Waals surface area contributed by atoms with E-state index in [4.69, 9.17) is 10.1 Å². The summed E-state index contributed by atoms with van der Waals surface area (Å²) in [5.41, 5.74) is 6.76. The molecule has 0 spiro atoms. The van der Waals surface area contributed by atoms with E-state index < -0.39 is 0 Å². The number of pyridine rings is 1. The number of carbonyl (C=O) groups excluding carboxylic acids is 1. The van der Waals surface area contributed by atoms with Crippen molar-refractivity contribution < 1.29 is 9.90 Å². The van der Waals surface area contributed by atoms with Gasteiger partial charge in [0.2, 0.25) is 0 Å². The van der Waals surface area contributed by atoms with E-state index in [1.807, 2.05) is 35.5 Å². The molecule has 4 aliphatic heterocycles. The Morgan fingerprint density at radius 1 is 1.08 bits per heavy atom. The Kier molecular flexibility index (Phi) is 8.70. The first kappa shape index (κ1) is 25.7. The number of nitrogens with one attached hydrogen (secondary N) is 4. The maximum Gasteiger partial charge on any atom is 0.258 e. The van der Waals surface area contributed by atoms with Crippen LogP contribution in [0.4, 0.5) is 28.7 Å². The van der Waals surface area contributed by atoms with Gasteiger partial charge in [-0.1, -0.05) is 37.3 Å². The summed E-state index contributed by atoms with van der Waals surface area (Å²) in [6.45, 7) is 3.65. The number of benzene rings is 1. The fourth-order valence-corrected chi connectivity index (χ4v) is 5.68. The van der Waals surface area contributed by atoms with Crippen LogP contribution in [-0.2, 0) is 0 Å². The smallest absolute Gasteiger partial charge is 0.258 e. The Balaban J connectivity index is 1.44. The minimum Gasteiger partial charge on any atom is -0.395 e. The molecular weight excluding hydrogens is 486 g/mol. The topological polar surface area (TPSA) is 105 Å². The molecular formula is C27H37N7O2S. The number of fused-ring (bicyclic) bond motifs is 8. The summed E-state index contributed by atoms with van der Waals surface area (Å²) in [6, 6.07) is 9.71. The van der Waals surface area contributed by atoms with Crippen molar-refractivity contribution in [3.63, 3.8) is 0 Å². The molecule has 5 heterocycles. The second-order valence-corrected chi connectivity index (χ2v) is 10.6.